The summed E-state index contributed by atoms with van der Waals surface area (Å²) >= 11 is 0. The highest BCUT2D eigenvalue weighted by Gasteiger charge is 2.46. The van der Waals surface area contributed by atoms with Crippen molar-refractivity contribution in [1.82, 2.24) is 10.0 Å². The molecule has 28 heavy (non-hydrogen) atoms. The number of rotatable bonds is 6. The van der Waals surface area contributed by atoms with E-state index in [9.17, 15) is 18.0 Å². The second kappa shape index (κ2) is 7.73. The molecular formula is C20H22N2O5S. The van der Waals surface area contributed by atoms with Crippen LogP contribution in [-0.4, -0.2) is 39.5 Å². The molecule has 0 heterocycles. The summed E-state index contributed by atoms with van der Waals surface area (Å²) in [5.41, 5.74) is 1.07. The summed E-state index contributed by atoms with van der Waals surface area (Å²) in [5, 5.41) is 2.83. The number of ether oxygens (including phenoxy) is 1. The van der Waals surface area contributed by atoms with Crippen LogP contribution in [0.15, 0.2) is 53.4 Å². The maximum absolute atomic E-state index is 12.8. The molecule has 1 aliphatic rings. The van der Waals surface area contributed by atoms with Gasteiger partial charge in [0.1, 0.15) is 5.54 Å². The predicted octanol–water partition coefficient (Wildman–Crippen LogP) is 1.43. The number of carbonyl (C=O) groups excluding carboxylic acids is 2. The van der Waals surface area contributed by atoms with E-state index >= 15 is 0 Å². The highest BCUT2D eigenvalue weighted by molar-refractivity contribution is 7.89. The van der Waals surface area contributed by atoms with Gasteiger partial charge in [-0.3, -0.25) is 4.79 Å². The molecule has 148 valence electrons. The summed E-state index contributed by atoms with van der Waals surface area (Å²) in [5.74, 6) is -0.941. The van der Waals surface area contributed by atoms with Crippen LogP contribution in [0.4, 0.5) is 0 Å². The van der Waals surface area contributed by atoms with Crippen LogP contribution in [0, 0.1) is 0 Å². The molecule has 1 amide bonds. The van der Waals surface area contributed by atoms with Gasteiger partial charge in [0.25, 0.3) is 5.91 Å². The van der Waals surface area contributed by atoms with E-state index in [-0.39, 0.29) is 17.1 Å². The minimum Gasteiger partial charge on any atom is -0.464 e. The second-order valence-electron chi connectivity index (χ2n) is 6.61. The second-order valence-corrected chi connectivity index (χ2v) is 8.50. The van der Waals surface area contributed by atoms with E-state index in [2.05, 4.69) is 10.0 Å². The number of sulfonamides is 1. The van der Waals surface area contributed by atoms with Gasteiger partial charge >= 0.3 is 5.97 Å². The van der Waals surface area contributed by atoms with Crippen molar-refractivity contribution < 1.29 is 22.7 Å². The first kappa shape index (κ1) is 20.0. The Balaban J connectivity index is 1.86. The Bertz CT molecular complexity index is 975. The monoisotopic (exact) mass is 402 g/mol. The maximum Gasteiger partial charge on any atom is 0.332 e. The van der Waals surface area contributed by atoms with Gasteiger partial charge in [-0.25, -0.2) is 17.9 Å². The standard InChI is InChI=1S/C20H22N2O5S/c1-3-27-19(24)20(12-15-6-4-5-7-16(15)13-20)22-18(23)14-8-10-17(11-9-14)28(25,26)21-2/h4-11,21H,3,12-13H2,1-2H3,(H,22,23). The lowest BCUT2D eigenvalue weighted by molar-refractivity contribution is -0.150. The molecule has 0 aromatic heterocycles. The minimum atomic E-state index is -3.59. The zero-order valence-corrected chi connectivity index (χ0v) is 16.5. The Morgan fingerprint density at radius 2 is 1.61 bits per heavy atom. The fourth-order valence-corrected chi connectivity index (χ4v) is 4.09. The summed E-state index contributed by atoms with van der Waals surface area (Å²) < 4.78 is 31.1. The lowest BCUT2D eigenvalue weighted by Gasteiger charge is -2.28. The number of esters is 1. The molecule has 2 N–H and O–H groups in total. The van der Waals surface area contributed by atoms with Gasteiger partial charge in [-0.15, -0.1) is 0 Å². The van der Waals surface area contributed by atoms with Crippen LogP contribution in [0.3, 0.4) is 0 Å². The Morgan fingerprint density at radius 1 is 1.04 bits per heavy atom. The summed E-state index contributed by atoms with van der Waals surface area (Å²) in [6, 6.07) is 13.2. The average Bonchev–Trinajstić information content (AvgIpc) is 3.07. The molecule has 0 unspecified atom stereocenters. The van der Waals surface area contributed by atoms with E-state index < -0.39 is 27.4 Å². The Labute approximate surface area is 164 Å². The molecular weight excluding hydrogens is 380 g/mol. The van der Waals surface area contributed by atoms with Gasteiger partial charge in [0.2, 0.25) is 10.0 Å². The number of hydrogen-bond donors (Lipinski definition) is 2. The van der Waals surface area contributed by atoms with Crippen LogP contribution >= 0.6 is 0 Å². The fourth-order valence-electron chi connectivity index (χ4n) is 3.36. The SMILES string of the molecule is CCOC(=O)C1(NC(=O)c2ccc(S(=O)(=O)NC)cc2)Cc2ccccc2C1. The van der Waals surface area contributed by atoms with Gasteiger partial charge in [0, 0.05) is 18.4 Å². The van der Waals surface area contributed by atoms with Gasteiger partial charge in [0.05, 0.1) is 11.5 Å². The van der Waals surface area contributed by atoms with Crippen molar-refractivity contribution in [3.63, 3.8) is 0 Å². The molecule has 0 fully saturated rings. The zero-order valence-electron chi connectivity index (χ0n) is 15.7. The van der Waals surface area contributed by atoms with E-state index in [1.807, 2.05) is 24.3 Å². The van der Waals surface area contributed by atoms with Crippen LogP contribution in [-0.2, 0) is 32.4 Å². The van der Waals surface area contributed by atoms with Crippen molar-refractivity contribution in [3.05, 3.63) is 65.2 Å². The van der Waals surface area contributed by atoms with Crippen molar-refractivity contribution in [1.29, 1.82) is 0 Å². The number of amides is 1. The molecule has 0 radical (unpaired) electrons. The highest BCUT2D eigenvalue weighted by Crippen LogP contribution is 2.31. The smallest absolute Gasteiger partial charge is 0.332 e. The highest BCUT2D eigenvalue weighted by atomic mass is 32.2. The molecule has 0 saturated heterocycles. The minimum absolute atomic E-state index is 0.0555. The van der Waals surface area contributed by atoms with Crippen molar-refractivity contribution in [2.75, 3.05) is 13.7 Å². The van der Waals surface area contributed by atoms with Crippen LogP contribution in [0.2, 0.25) is 0 Å². The third kappa shape index (κ3) is 3.79. The van der Waals surface area contributed by atoms with Gasteiger partial charge in [-0.1, -0.05) is 24.3 Å². The van der Waals surface area contributed by atoms with Crippen molar-refractivity contribution in [3.8, 4) is 0 Å². The van der Waals surface area contributed by atoms with Gasteiger partial charge in [-0.2, -0.15) is 0 Å². The Kier molecular flexibility index (Phi) is 5.53. The van der Waals surface area contributed by atoms with Crippen molar-refractivity contribution in [2.45, 2.75) is 30.2 Å². The molecule has 1 aliphatic carbocycles. The van der Waals surface area contributed by atoms with Crippen molar-refractivity contribution >= 4 is 21.9 Å². The molecule has 0 atom stereocenters. The number of nitrogens with one attached hydrogen (secondary N) is 2. The lowest BCUT2D eigenvalue weighted by atomic mass is 9.95. The molecule has 0 saturated carbocycles. The zero-order chi connectivity index (χ0) is 20.4. The van der Waals surface area contributed by atoms with Crippen LogP contribution in [0.25, 0.3) is 0 Å². The van der Waals surface area contributed by atoms with Gasteiger partial charge in [-0.05, 0) is 49.4 Å². The van der Waals surface area contributed by atoms with E-state index in [0.717, 1.165) is 11.1 Å². The first-order valence-electron chi connectivity index (χ1n) is 8.91. The van der Waals surface area contributed by atoms with Crippen LogP contribution in [0.5, 0.6) is 0 Å². The third-order valence-corrected chi connectivity index (χ3v) is 6.25. The normalized spacial score (nSPS) is 14.9. The summed E-state index contributed by atoms with van der Waals surface area (Å²) in [6.07, 6.45) is 0.694. The molecule has 3 rings (SSSR count). The molecule has 7 nitrogen and oxygen atoms in total. The largest absolute Gasteiger partial charge is 0.464 e. The lowest BCUT2D eigenvalue weighted by Crippen LogP contribution is -2.56. The third-order valence-electron chi connectivity index (χ3n) is 4.82. The van der Waals surface area contributed by atoms with E-state index in [4.69, 9.17) is 4.74 Å². The summed E-state index contributed by atoms with van der Waals surface area (Å²) in [7, 11) is -2.27. The fraction of sp³-hybridized carbons (Fsp3) is 0.300. The molecule has 0 aliphatic heterocycles. The van der Waals surface area contributed by atoms with E-state index in [0.29, 0.717) is 12.8 Å². The first-order chi connectivity index (χ1) is 13.3. The molecule has 8 heteroatoms. The first-order valence-corrected chi connectivity index (χ1v) is 10.4. The molecule has 2 aromatic carbocycles. The topological polar surface area (TPSA) is 102 Å². The number of hydrogen-bond acceptors (Lipinski definition) is 5. The molecule has 0 spiro atoms. The van der Waals surface area contributed by atoms with E-state index in [1.165, 1.54) is 31.3 Å². The van der Waals surface area contributed by atoms with Crippen LogP contribution in [0.1, 0.15) is 28.4 Å². The number of benzene rings is 2. The van der Waals surface area contributed by atoms with Crippen LogP contribution < -0.4 is 10.0 Å². The summed E-state index contributed by atoms with van der Waals surface area (Å²) in [6.45, 7) is 1.93. The number of carbonyl (C=O) groups is 2. The Morgan fingerprint density at radius 3 is 2.11 bits per heavy atom. The average molecular weight is 402 g/mol. The van der Waals surface area contributed by atoms with Gasteiger partial charge in [0.15, 0.2) is 0 Å². The van der Waals surface area contributed by atoms with Gasteiger partial charge < -0.3 is 10.1 Å². The van der Waals surface area contributed by atoms with Crippen molar-refractivity contribution in [2.24, 2.45) is 0 Å². The number of fused-ring (bicyclic) bond motifs is 1. The quantitative estimate of drug-likeness (QED) is 0.712. The Hall–Kier alpha value is -2.71. The molecule has 0 bridgehead atoms. The molecule has 2 aromatic rings. The predicted molar refractivity (Wildman–Crippen MR) is 103 cm³/mol. The summed E-state index contributed by atoms with van der Waals surface area (Å²) in [4.78, 5) is 25.6. The van der Waals surface area contributed by atoms with E-state index in [1.54, 1.807) is 6.92 Å². The maximum atomic E-state index is 12.8.